The van der Waals surface area contributed by atoms with Gasteiger partial charge >= 0.3 is 6.03 Å². The molecule has 1 saturated heterocycles. The summed E-state index contributed by atoms with van der Waals surface area (Å²) in [5.41, 5.74) is 0.444. The molecule has 1 atom stereocenters. The summed E-state index contributed by atoms with van der Waals surface area (Å²) in [6.07, 6.45) is 2.93. The molecular formula is C18H26FN3O2. The van der Waals surface area contributed by atoms with Crippen molar-refractivity contribution in [1.29, 1.82) is 0 Å². The van der Waals surface area contributed by atoms with Crippen molar-refractivity contribution in [1.82, 2.24) is 15.1 Å². The van der Waals surface area contributed by atoms with E-state index in [1.54, 1.807) is 18.2 Å². The highest BCUT2D eigenvalue weighted by molar-refractivity contribution is 5.74. The molecule has 1 heterocycles. The van der Waals surface area contributed by atoms with Crippen molar-refractivity contribution in [3.63, 3.8) is 0 Å². The smallest absolute Gasteiger partial charge is 0.317 e. The van der Waals surface area contributed by atoms with Crippen LogP contribution in [0.2, 0.25) is 0 Å². The van der Waals surface area contributed by atoms with Crippen LogP contribution >= 0.6 is 0 Å². The lowest BCUT2D eigenvalue weighted by atomic mass is 10.1. The molecule has 132 valence electrons. The predicted octanol–water partition coefficient (Wildman–Crippen LogP) is 1.84. The van der Waals surface area contributed by atoms with E-state index < -0.39 is 0 Å². The van der Waals surface area contributed by atoms with Gasteiger partial charge < -0.3 is 15.3 Å². The maximum atomic E-state index is 13.8. The Morgan fingerprint density at radius 2 is 2.29 bits per heavy atom. The van der Waals surface area contributed by atoms with E-state index in [1.165, 1.54) is 11.0 Å². The van der Waals surface area contributed by atoms with E-state index in [1.807, 2.05) is 6.08 Å². The van der Waals surface area contributed by atoms with E-state index in [-0.39, 0.29) is 31.5 Å². The topological polar surface area (TPSA) is 55.8 Å². The lowest BCUT2D eigenvalue weighted by Gasteiger charge is -2.23. The van der Waals surface area contributed by atoms with Crippen LogP contribution in [0, 0.1) is 11.7 Å². The molecule has 0 bridgehead atoms. The standard InChI is InChI=1S/C18H26FN3O2/c1-2-8-21-9-7-15(13-21)12-20-18(24)22(10-11-23)14-16-5-3-4-6-17(16)19/h2-6,15,23H,1,7-14H2,(H,20,24)/t15-/m1/s1. The van der Waals surface area contributed by atoms with Crippen molar-refractivity contribution >= 4 is 6.03 Å². The number of amides is 2. The van der Waals surface area contributed by atoms with Gasteiger partial charge in [-0.2, -0.15) is 0 Å². The Morgan fingerprint density at radius 3 is 3.00 bits per heavy atom. The number of aliphatic hydroxyl groups is 1. The average Bonchev–Trinajstić information content (AvgIpc) is 3.02. The van der Waals surface area contributed by atoms with Crippen LogP contribution in [0.5, 0.6) is 0 Å². The molecule has 0 aliphatic carbocycles. The van der Waals surface area contributed by atoms with Gasteiger partial charge in [0.25, 0.3) is 0 Å². The summed E-state index contributed by atoms with van der Waals surface area (Å²) >= 11 is 0. The third-order valence-corrected chi connectivity index (χ3v) is 4.28. The Kier molecular flexibility index (Phi) is 7.21. The van der Waals surface area contributed by atoms with Gasteiger partial charge in [0.15, 0.2) is 0 Å². The van der Waals surface area contributed by atoms with Crippen LogP contribution in [0.3, 0.4) is 0 Å². The van der Waals surface area contributed by atoms with Crippen molar-refractivity contribution < 1.29 is 14.3 Å². The summed E-state index contributed by atoms with van der Waals surface area (Å²) in [6.45, 7) is 7.32. The maximum Gasteiger partial charge on any atom is 0.317 e. The molecule has 0 unspecified atom stereocenters. The minimum atomic E-state index is -0.343. The lowest BCUT2D eigenvalue weighted by molar-refractivity contribution is 0.172. The number of hydrogen-bond acceptors (Lipinski definition) is 3. The molecule has 1 aliphatic rings. The van der Waals surface area contributed by atoms with Crippen LogP contribution in [0.4, 0.5) is 9.18 Å². The van der Waals surface area contributed by atoms with Gasteiger partial charge in [0.1, 0.15) is 5.82 Å². The van der Waals surface area contributed by atoms with Crippen molar-refractivity contribution in [2.24, 2.45) is 5.92 Å². The molecule has 6 heteroatoms. The number of nitrogens with one attached hydrogen (secondary N) is 1. The quantitative estimate of drug-likeness (QED) is 0.713. The van der Waals surface area contributed by atoms with Gasteiger partial charge in [-0.05, 0) is 24.9 Å². The largest absolute Gasteiger partial charge is 0.395 e. The van der Waals surface area contributed by atoms with Gasteiger partial charge in [-0.3, -0.25) is 4.90 Å². The van der Waals surface area contributed by atoms with Gasteiger partial charge in [0.2, 0.25) is 0 Å². The summed E-state index contributed by atoms with van der Waals surface area (Å²) in [4.78, 5) is 16.1. The summed E-state index contributed by atoms with van der Waals surface area (Å²) in [5.74, 6) is 0.0717. The number of aliphatic hydroxyl groups excluding tert-OH is 1. The number of halogens is 1. The molecule has 0 aromatic heterocycles. The van der Waals surface area contributed by atoms with Gasteiger partial charge in [-0.1, -0.05) is 24.3 Å². The highest BCUT2D eigenvalue weighted by Crippen LogP contribution is 2.15. The second-order valence-electron chi connectivity index (χ2n) is 6.13. The van der Waals surface area contributed by atoms with Crippen LogP contribution < -0.4 is 5.32 Å². The van der Waals surface area contributed by atoms with Crippen molar-refractivity contribution in [2.45, 2.75) is 13.0 Å². The van der Waals surface area contributed by atoms with E-state index in [0.717, 1.165) is 26.1 Å². The molecule has 1 aliphatic heterocycles. The average molecular weight is 335 g/mol. The summed E-state index contributed by atoms with van der Waals surface area (Å²) < 4.78 is 13.8. The Morgan fingerprint density at radius 1 is 1.50 bits per heavy atom. The number of benzene rings is 1. The minimum absolute atomic E-state index is 0.145. The number of nitrogens with zero attached hydrogens (tertiary/aromatic N) is 2. The molecular weight excluding hydrogens is 309 g/mol. The highest BCUT2D eigenvalue weighted by atomic mass is 19.1. The Balaban J connectivity index is 1.85. The highest BCUT2D eigenvalue weighted by Gasteiger charge is 2.23. The SMILES string of the molecule is C=CCN1CC[C@H](CNC(=O)N(CCO)Cc2ccccc2F)C1. The normalized spacial score (nSPS) is 17.7. The fraction of sp³-hybridized carbons (Fsp3) is 0.500. The molecule has 2 rings (SSSR count). The number of carbonyl (C=O) groups is 1. The van der Waals surface area contributed by atoms with Crippen LogP contribution in [0.1, 0.15) is 12.0 Å². The molecule has 1 fully saturated rings. The first-order valence-electron chi connectivity index (χ1n) is 8.34. The molecule has 24 heavy (non-hydrogen) atoms. The van der Waals surface area contributed by atoms with Crippen molar-refractivity contribution in [3.8, 4) is 0 Å². The summed E-state index contributed by atoms with van der Waals surface area (Å²) in [7, 11) is 0. The van der Waals surface area contributed by atoms with E-state index in [4.69, 9.17) is 0 Å². The first-order chi connectivity index (χ1) is 11.6. The van der Waals surface area contributed by atoms with Crippen molar-refractivity contribution in [3.05, 3.63) is 48.3 Å². The molecule has 0 saturated carbocycles. The van der Waals surface area contributed by atoms with Crippen LogP contribution in [-0.2, 0) is 6.54 Å². The molecule has 5 nitrogen and oxygen atoms in total. The maximum absolute atomic E-state index is 13.8. The predicted molar refractivity (Wildman–Crippen MR) is 92.0 cm³/mol. The zero-order valence-corrected chi connectivity index (χ0v) is 14.0. The zero-order valence-electron chi connectivity index (χ0n) is 14.0. The van der Waals surface area contributed by atoms with Gasteiger partial charge in [-0.15, -0.1) is 6.58 Å². The van der Waals surface area contributed by atoms with Crippen LogP contribution in [0.25, 0.3) is 0 Å². The minimum Gasteiger partial charge on any atom is -0.395 e. The Labute approximate surface area is 142 Å². The van der Waals surface area contributed by atoms with Crippen LogP contribution in [0.15, 0.2) is 36.9 Å². The number of carbonyl (C=O) groups excluding carboxylic acids is 1. The first-order valence-corrected chi connectivity index (χ1v) is 8.34. The zero-order chi connectivity index (χ0) is 17.4. The molecule has 2 amide bonds. The number of hydrogen-bond donors (Lipinski definition) is 2. The second kappa shape index (κ2) is 9.39. The van der Waals surface area contributed by atoms with E-state index in [0.29, 0.717) is 18.0 Å². The van der Waals surface area contributed by atoms with Gasteiger partial charge in [0.05, 0.1) is 13.2 Å². The van der Waals surface area contributed by atoms with Crippen molar-refractivity contribution in [2.75, 3.05) is 39.3 Å². The number of urea groups is 1. The summed E-state index contributed by atoms with van der Waals surface area (Å²) in [6, 6.07) is 6.10. The third kappa shape index (κ3) is 5.32. The monoisotopic (exact) mass is 335 g/mol. The third-order valence-electron chi connectivity index (χ3n) is 4.28. The van der Waals surface area contributed by atoms with Gasteiger partial charge in [0, 0.05) is 31.7 Å². The fourth-order valence-corrected chi connectivity index (χ4v) is 2.98. The van der Waals surface area contributed by atoms with E-state index in [9.17, 15) is 14.3 Å². The Hall–Kier alpha value is -1.92. The number of likely N-dealkylation sites (tertiary alicyclic amines) is 1. The molecule has 0 spiro atoms. The molecule has 0 radical (unpaired) electrons. The van der Waals surface area contributed by atoms with E-state index in [2.05, 4.69) is 16.8 Å². The van der Waals surface area contributed by atoms with E-state index >= 15 is 0 Å². The fourth-order valence-electron chi connectivity index (χ4n) is 2.98. The van der Waals surface area contributed by atoms with Crippen LogP contribution in [-0.4, -0.2) is 60.3 Å². The summed E-state index contributed by atoms with van der Waals surface area (Å²) in [5, 5.41) is 12.1. The van der Waals surface area contributed by atoms with Gasteiger partial charge in [-0.25, -0.2) is 9.18 Å². The second-order valence-corrected chi connectivity index (χ2v) is 6.13. The molecule has 2 N–H and O–H groups in total. The number of rotatable bonds is 8. The molecule has 1 aromatic rings. The molecule has 1 aromatic carbocycles. The first kappa shape index (κ1) is 18.4. The lowest BCUT2D eigenvalue weighted by Crippen LogP contribution is -2.43. The Bertz CT molecular complexity index is 553.